The van der Waals surface area contributed by atoms with Crippen molar-refractivity contribution < 1.29 is 14.3 Å². The molecule has 2 aromatic rings. The number of benzene rings is 1. The van der Waals surface area contributed by atoms with E-state index in [-0.39, 0.29) is 11.9 Å². The first-order valence-corrected chi connectivity index (χ1v) is 7.19. The number of nitrogens with zero attached hydrogens (tertiary/aromatic N) is 2. The number of aromatic nitrogens is 2. The number of carbonyl (C=O) groups is 1. The SMILES string of the molecule is COC[C@@H](C)NC(=O)c1snnc1-c1cccc(OC)c1. The summed E-state index contributed by atoms with van der Waals surface area (Å²) in [7, 11) is 3.19. The minimum absolute atomic E-state index is 0.0808. The van der Waals surface area contributed by atoms with E-state index in [1.165, 1.54) is 0 Å². The van der Waals surface area contributed by atoms with Gasteiger partial charge in [0.25, 0.3) is 5.91 Å². The lowest BCUT2D eigenvalue weighted by Gasteiger charge is -2.12. The Balaban J connectivity index is 2.23. The van der Waals surface area contributed by atoms with Crippen molar-refractivity contribution in [1.29, 1.82) is 0 Å². The molecule has 1 aromatic carbocycles. The summed E-state index contributed by atoms with van der Waals surface area (Å²) < 4.78 is 14.1. The fourth-order valence-electron chi connectivity index (χ4n) is 1.88. The molecule has 7 heteroatoms. The number of methoxy groups -OCH3 is 2. The van der Waals surface area contributed by atoms with E-state index in [1.54, 1.807) is 14.2 Å². The highest BCUT2D eigenvalue weighted by molar-refractivity contribution is 7.08. The third kappa shape index (κ3) is 3.77. The van der Waals surface area contributed by atoms with Gasteiger partial charge in [-0.05, 0) is 30.6 Å². The van der Waals surface area contributed by atoms with Gasteiger partial charge in [0.05, 0.1) is 13.7 Å². The van der Waals surface area contributed by atoms with E-state index < -0.39 is 0 Å². The molecular formula is C14H17N3O3S. The summed E-state index contributed by atoms with van der Waals surface area (Å²) in [5.41, 5.74) is 1.36. The third-order valence-corrected chi connectivity index (χ3v) is 3.56. The number of amides is 1. The second-order valence-corrected chi connectivity index (χ2v) is 5.27. The maximum atomic E-state index is 12.3. The average Bonchev–Trinajstić information content (AvgIpc) is 2.97. The zero-order chi connectivity index (χ0) is 15.2. The minimum Gasteiger partial charge on any atom is -0.497 e. The zero-order valence-corrected chi connectivity index (χ0v) is 12.9. The quantitative estimate of drug-likeness (QED) is 0.883. The van der Waals surface area contributed by atoms with Gasteiger partial charge in [-0.3, -0.25) is 4.79 Å². The Morgan fingerprint density at radius 2 is 2.24 bits per heavy atom. The Morgan fingerprint density at radius 1 is 1.43 bits per heavy atom. The first-order valence-electron chi connectivity index (χ1n) is 6.42. The van der Waals surface area contributed by atoms with Gasteiger partial charge in [-0.15, -0.1) is 5.10 Å². The highest BCUT2D eigenvalue weighted by atomic mass is 32.1. The van der Waals surface area contributed by atoms with Crippen molar-refractivity contribution in [3.8, 4) is 17.0 Å². The van der Waals surface area contributed by atoms with Crippen molar-refractivity contribution in [3.63, 3.8) is 0 Å². The minimum atomic E-state index is -0.202. The van der Waals surface area contributed by atoms with Gasteiger partial charge < -0.3 is 14.8 Å². The molecule has 1 aromatic heterocycles. The molecule has 0 fully saturated rings. The van der Waals surface area contributed by atoms with Crippen LogP contribution in [0, 0.1) is 0 Å². The number of hydrogen-bond acceptors (Lipinski definition) is 6. The van der Waals surface area contributed by atoms with Crippen LogP contribution in [0.2, 0.25) is 0 Å². The van der Waals surface area contributed by atoms with Gasteiger partial charge in [-0.25, -0.2) is 0 Å². The molecule has 0 saturated carbocycles. The van der Waals surface area contributed by atoms with Gasteiger partial charge in [-0.1, -0.05) is 16.6 Å². The van der Waals surface area contributed by atoms with E-state index in [9.17, 15) is 4.79 Å². The van der Waals surface area contributed by atoms with Crippen LogP contribution in [0.3, 0.4) is 0 Å². The highest BCUT2D eigenvalue weighted by Gasteiger charge is 2.19. The molecule has 0 aliphatic rings. The maximum absolute atomic E-state index is 12.3. The molecule has 0 bridgehead atoms. The number of nitrogens with one attached hydrogen (secondary N) is 1. The Hall–Kier alpha value is -1.99. The van der Waals surface area contributed by atoms with E-state index in [0.717, 1.165) is 17.1 Å². The van der Waals surface area contributed by atoms with Crippen LogP contribution < -0.4 is 10.1 Å². The van der Waals surface area contributed by atoms with Crippen LogP contribution in [-0.2, 0) is 4.74 Å². The van der Waals surface area contributed by atoms with E-state index >= 15 is 0 Å². The van der Waals surface area contributed by atoms with Crippen LogP contribution in [0.25, 0.3) is 11.3 Å². The van der Waals surface area contributed by atoms with Crippen molar-refractivity contribution in [2.75, 3.05) is 20.8 Å². The molecule has 112 valence electrons. The Morgan fingerprint density at radius 3 is 2.95 bits per heavy atom. The predicted molar refractivity (Wildman–Crippen MR) is 80.7 cm³/mol. The van der Waals surface area contributed by atoms with Crippen molar-refractivity contribution in [3.05, 3.63) is 29.1 Å². The summed E-state index contributed by atoms with van der Waals surface area (Å²) in [6.07, 6.45) is 0. The average molecular weight is 307 g/mol. The summed E-state index contributed by atoms with van der Waals surface area (Å²) in [6.45, 7) is 2.33. The van der Waals surface area contributed by atoms with E-state index in [0.29, 0.717) is 22.9 Å². The lowest BCUT2D eigenvalue weighted by atomic mass is 10.1. The third-order valence-electron chi connectivity index (χ3n) is 2.83. The number of hydrogen-bond donors (Lipinski definition) is 1. The lowest BCUT2D eigenvalue weighted by molar-refractivity contribution is 0.0910. The van der Waals surface area contributed by atoms with Gasteiger partial charge in [0.2, 0.25) is 0 Å². The number of carbonyl (C=O) groups excluding carboxylic acids is 1. The van der Waals surface area contributed by atoms with Crippen LogP contribution in [0.4, 0.5) is 0 Å². The van der Waals surface area contributed by atoms with Gasteiger partial charge in [0.15, 0.2) is 0 Å². The Labute approximate surface area is 127 Å². The molecule has 0 aliphatic heterocycles. The Kier molecular flexibility index (Phi) is 5.24. The molecule has 0 spiro atoms. The second kappa shape index (κ2) is 7.14. The normalized spacial score (nSPS) is 12.0. The van der Waals surface area contributed by atoms with Crippen LogP contribution in [0.5, 0.6) is 5.75 Å². The summed E-state index contributed by atoms with van der Waals surface area (Å²) in [6, 6.07) is 7.30. The molecule has 0 unspecified atom stereocenters. The molecule has 6 nitrogen and oxygen atoms in total. The molecule has 1 amide bonds. The molecule has 1 atom stereocenters. The standard InChI is InChI=1S/C14H17N3O3S/c1-9(8-19-2)15-14(18)13-12(16-17-21-13)10-5-4-6-11(7-10)20-3/h4-7,9H,8H2,1-3H3,(H,15,18)/t9-/m1/s1. The maximum Gasteiger partial charge on any atom is 0.265 e. The topological polar surface area (TPSA) is 73.3 Å². The number of ether oxygens (including phenoxy) is 2. The van der Waals surface area contributed by atoms with Crippen molar-refractivity contribution in [2.45, 2.75) is 13.0 Å². The fraction of sp³-hybridized carbons (Fsp3) is 0.357. The molecule has 0 saturated heterocycles. The summed E-state index contributed by atoms with van der Waals surface area (Å²) in [5, 5.41) is 6.91. The molecule has 1 heterocycles. The summed E-state index contributed by atoms with van der Waals surface area (Å²) in [5.74, 6) is 0.506. The second-order valence-electron chi connectivity index (χ2n) is 4.51. The summed E-state index contributed by atoms with van der Waals surface area (Å²) >= 11 is 1.07. The first-order chi connectivity index (χ1) is 10.2. The lowest BCUT2D eigenvalue weighted by Crippen LogP contribution is -2.35. The largest absolute Gasteiger partial charge is 0.497 e. The van der Waals surface area contributed by atoms with Gasteiger partial charge in [-0.2, -0.15) is 0 Å². The van der Waals surface area contributed by atoms with Crippen molar-refractivity contribution in [1.82, 2.24) is 14.9 Å². The molecular weight excluding hydrogens is 290 g/mol. The first kappa shape index (κ1) is 15.4. The van der Waals surface area contributed by atoms with Crippen LogP contribution in [-0.4, -0.2) is 42.4 Å². The van der Waals surface area contributed by atoms with E-state index in [4.69, 9.17) is 9.47 Å². The smallest absolute Gasteiger partial charge is 0.265 e. The molecule has 21 heavy (non-hydrogen) atoms. The molecule has 1 N–H and O–H groups in total. The van der Waals surface area contributed by atoms with Crippen molar-refractivity contribution in [2.24, 2.45) is 0 Å². The Bertz CT molecular complexity index is 615. The highest BCUT2D eigenvalue weighted by Crippen LogP contribution is 2.26. The summed E-state index contributed by atoms with van der Waals surface area (Å²) in [4.78, 5) is 12.8. The number of rotatable bonds is 6. The van der Waals surface area contributed by atoms with E-state index in [2.05, 4.69) is 14.9 Å². The van der Waals surface area contributed by atoms with Crippen LogP contribution >= 0.6 is 11.5 Å². The predicted octanol–water partition coefficient (Wildman–Crippen LogP) is 1.98. The van der Waals surface area contributed by atoms with Gasteiger partial charge in [0, 0.05) is 18.7 Å². The van der Waals surface area contributed by atoms with Gasteiger partial charge >= 0.3 is 0 Å². The molecule has 0 aliphatic carbocycles. The van der Waals surface area contributed by atoms with Crippen molar-refractivity contribution >= 4 is 17.4 Å². The van der Waals surface area contributed by atoms with Crippen LogP contribution in [0.15, 0.2) is 24.3 Å². The van der Waals surface area contributed by atoms with Gasteiger partial charge in [0.1, 0.15) is 16.3 Å². The fourth-order valence-corrected chi connectivity index (χ4v) is 2.47. The monoisotopic (exact) mass is 307 g/mol. The van der Waals surface area contributed by atoms with E-state index in [1.807, 2.05) is 31.2 Å². The zero-order valence-electron chi connectivity index (χ0n) is 12.1. The van der Waals surface area contributed by atoms with Crippen LogP contribution in [0.1, 0.15) is 16.6 Å². The molecule has 2 rings (SSSR count). The molecule has 0 radical (unpaired) electrons.